The molecule has 9 nitrogen and oxygen atoms in total. The maximum atomic E-state index is 12.2. The minimum absolute atomic E-state index is 0.0648. The molecule has 43 heavy (non-hydrogen) atoms. The van der Waals surface area contributed by atoms with Crippen LogP contribution in [0.15, 0.2) is 30.6 Å². The summed E-state index contributed by atoms with van der Waals surface area (Å²) in [6, 6.07) is 6.74. The summed E-state index contributed by atoms with van der Waals surface area (Å²) >= 11 is 0. The minimum Gasteiger partial charge on any atom is -0.372 e. The molecule has 230 valence electrons. The lowest BCUT2D eigenvalue weighted by molar-refractivity contribution is -0.169. The van der Waals surface area contributed by atoms with Crippen LogP contribution in [0.3, 0.4) is 0 Å². The summed E-state index contributed by atoms with van der Waals surface area (Å²) < 4.78 is 38.0. The van der Waals surface area contributed by atoms with Crippen molar-refractivity contribution in [1.29, 1.82) is 5.26 Å². The zero-order valence-corrected chi connectivity index (χ0v) is 24.6. The maximum absolute atomic E-state index is 12.2. The molecule has 1 aromatic heterocycles. The second kappa shape index (κ2) is 13.0. The molecule has 2 saturated carbocycles. The Labute approximate surface area is 248 Å². The Bertz CT molecular complexity index is 1420. The second-order valence-corrected chi connectivity index (χ2v) is 11.9. The summed E-state index contributed by atoms with van der Waals surface area (Å²) in [6.07, 6.45) is 7.22. The van der Waals surface area contributed by atoms with E-state index in [1.54, 1.807) is 18.5 Å². The van der Waals surface area contributed by atoms with Gasteiger partial charge < -0.3 is 20.7 Å². The van der Waals surface area contributed by atoms with Gasteiger partial charge in [0.2, 0.25) is 12.3 Å². The fraction of sp³-hybridized carbons (Fsp3) is 0.516. The van der Waals surface area contributed by atoms with Gasteiger partial charge in [-0.2, -0.15) is 18.4 Å². The molecular formula is C31H36F3N5O4. The number of amides is 3. The highest BCUT2D eigenvalue weighted by Crippen LogP contribution is 2.62. The number of likely N-dealkylation sites (tertiary alicyclic amines) is 1. The predicted octanol–water partition coefficient (Wildman–Crippen LogP) is 4.01. The second-order valence-electron chi connectivity index (χ2n) is 11.9. The number of terminal acetylenes is 1. The van der Waals surface area contributed by atoms with Gasteiger partial charge in [-0.25, -0.2) is 0 Å². The molecule has 3 amide bonds. The van der Waals surface area contributed by atoms with Crippen molar-refractivity contribution >= 4 is 29.0 Å². The van der Waals surface area contributed by atoms with Crippen molar-refractivity contribution < 1.29 is 32.3 Å². The Morgan fingerprint density at radius 2 is 1.86 bits per heavy atom. The fourth-order valence-electron chi connectivity index (χ4n) is 5.40. The van der Waals surface area contributed by atoms with Gasteiger partial charge in [0.25, 0.3) is 0 Å². The molecule has 5 rings (SSSR count). The van der Waals surface area contributed by atoms with Crippen LogP contribution >= 0.6 is 0 Å². The lowest BCUT2D eigenvalue weighted by atomic mass is 9.98. The van der Waals surface area contributed by atoms with Gasteiger partial charge >= 0.3 is 12.1 Å². The Kier molecular flexibility index (Phi) is 10.1. The molecule has 3 aliphatic rings. The number of piperidine rings is 1. The highest BCUT2D eigenvalue weighted by molar-refractivity contribution is 5.91. The number of ether oxygens (including phenoxy) is 1. The number of carbonyl (C=O) groups is 3. The molecule has 2 heterocycles. The molecule has 1 aromatic carbocycles. The number of alkyl halides is 3. The molecule has 0 spiro atoms. The summed E-state index contributed by atoms with van der Waals surface area (Å²) in [6.45, 7) is 10.8. The van der Waals surface area contributed by atoms with Crippen LogP contribution in [-0.4, -0.2) is 59.1 Å². The van der Waals surface area contributed by atoms with Crippen molar-refractivity contribution in [2.24, 2.45) is 23.0 Å². The number of hydrogen-bond donors (Lipinski definition) is 2. The normalized spacial score (nSPS) is 21.7. The van der Waals surface area contributed by atoms with Crippen molar-refractivity contribution in [3.63, 3.8) is 0 Å². The molecule has 2 aliphatic carbocycles. The van der Waals surface area contributed by atoms with Gasteiger partial charge in [0.15, 0.2) is 0 Å². The van der Waals surface area contributed by atoms with E-state index in [0.717, 1.165) is 48.5 Å². The lowest BCUT2D eigenvalue weighted by Gasteiger charge is -2.25. The Morgan fingerprint density at radius 1 is 1.26 bits per heavy atom. The van der Waals surface area contributed by atoms with E-state index >= 15 is 0 Å². The van der Waals surface area contributed by atoms with E-state index in [0.29, 0.717) is 29.4 Å². The van der Waals surface area contributed by atoms with Crippen molar-refractivity contribution in [2.75, 3.05) is 13.1 Å². The number of benzene rings is 1. The van der Waals surface area contributed by atoms with E-state index < -0.39 is 18.1 Å². The fourth-order valence-corrected chi connectivity index (χ4v) is 5.40. The van der Waals surface area contributed by atoms with Crippen LogP contribution in [0.4, 0.5) is 13.2 Å². The third-order valence-electron chi connectivity index (χ3n) is 8.30. The van der Waals surface area contributed by atoms with Gasteiger partial charge in [0, 0.05) is 47.4 Å². The van der Waals surface area contributed by atoms with E-state index in [1.165, 1.54) is 0 Å². The number of fused-ring (bicyclic) bond motifs is 2. The molecule has 0 bridgehead atoms. The Balaban J connectivity index is 0.000000194. The number of pyridine rings is 1. The highest BCUT2D eigenvalue weighted by atomic mass is 19.4. The SMILES string of the molecule is C#Cc1cccc2cncc(C(C#N)NC=O)c12.C[C@H](CC(=O)N1CC2C(C1)C2(C)C)OC1(C)CC1.NC(=O)C(F)(F)F. The summed E-state index contributed by atoms with van der Waals surface area (Å²) in [5, 5.41) is 13.1. The zero-order chi connectivity index (χ0) is 32.2. The summed E-state index contributed by atoms with van der Waals surface area (Å²) in [5.41, 5.74) is 5.66. The number of nitrogens with one attached hydrogen (secondary N) is 1. The molecule has 2 aromatic rings. The maximum Gasteiger partial charge on any atom is 0.470 e. The summed E-state index contributed by atoms with van der Waals surface area (Å²) in [4.78, 5) is 37.9. The number of rotatable bonds is 7. The average Bonchev–Trinajstić information content (AvgIpc) is 3.67. The number of halogens is 3. The number of nitrogens with zero attached hydrogens (tertiary/aromatic N) is 3. The van der Waals surface area contributed by atoms with Gasteiger partial charge in [0.05, 0.1) is 24.2 Å². The molecule has 1 saturated heterocycles. The van der Waals surface area contributed by atoms with Crippen LogP contribution in [0, 0.1) is 40.9 Å². The molecule has 0 radical (unpaired) electrons. The third-order valence-corrected chi connectivity index (χ3v) is 8.30. The van der Waals surface area contributed by atoms with Gasteiger partial charge in [-0.3, -0.25) is 19.4 Å². The number of carbonyl (C=O) groups excluding carboxylic acids is 3. The van der Waals surface area contributed by atoms with E-state index in [-0.39, 0.29) is 17.6 Å². The van der Waals surface area contributed by atoms with Gasteiger partial charge in [-0.05, 0) is 50.0 Å². The molecule has 3 N–H and O–H groups in total. The van der Waals surface area contributed by atoms with Crippen molar-refractivity contribution in [1.82, 2.24) is 15.2 Å². The van der Waals surface area contributed by atoms with Gasteiger partial charge in [-0.1, -0.05) is 31.9 Å². The molecular weight excluding hydrogens is 563 g/mol. The molecule has 1 aliphatic heterocycles. The highest BCUT2D eigenvalue weighted by Gasteiger charge is 2.62. The standard InChI is InChI=1S/C15H25NO2.C14H9N3O.C2H2F3NO/c1-10(18-15(4)5-6-15)7-13(17)16-8-11-12(9-16)14(11,2)3;1-2-10-4-3-5-11-7-16-8-12(14(10)11)13(6-15)17-9-18;3-2(4,5)1(6)7/h10-12H,5-9H2,1-4H3;1,3-5,7-9,13H,(H,17,18);(H2,6,7)/t10-,11?,12?;;/m1../s1. The smallest absolute Gasteiger partial charge is 0.372 e. The van der Waals surface area contributed by atoms with E-state index in [2.05, 4.69) is 47.6 Å². The largest absolute Gasteiger partial charge is 0.470 e. The first kappa shape index (κ1) is 33.3. The zero-order valence-electron chi connectivity index (χ0n) is 24.6. The van der Waals surface area contributed by atoms with Crippen LogP contribution in [0.2, 0.25) is 0 Å². The number of aromatic nitrogens is 1. The van der Waals surface area contributed by atoms with Gasteiger partial charge in [0.1, 0.15) is 6.04 Å². The van der Waals surface area contributed by atoms with Crippen molar-refractivity contribution in [3.05, 3.63) is 41.7 Å². The summed E-state index contributed by atoms with van der Waals surface area (Å²) in [7, 11) is 0. The first-order valence-corrected chi connectivity index (χ1v) is 13.8. The predicted molar refractivity (Wildman–Crippen MR) is 153 cm³/mol. The van der Waals surface area contributed by atoms with Crippen molar-refractivity contribution in [2.45, 2.75) is 70.9 Å². The van der Waals surface area contributed by atoms with E-state index in [9.17, 15) is 22.8 Å². The number of nitrogens with two attached hydrogens (primary N) is 1. The molecule has 4 atom stereocenters. The quantitative estimate of drug-likeness (QED) is 0.364. The van der Waals surface area contributed by atoms with Crippen LogP contribution in [0.25, 0.3) is 10.8 Å². The Hall–Kier alpha value is -4.16. The van der Waals surface area contributed by atoms with E-state index in [1.807, 2.05) is 25.1 Å². The summed E-state index contributed by atoms with van der Waals surface area (Å²) in [5.74, 6) is 2.11. The van der Waals surface area contributed by atoms with Crippen LogP contribution in [0.1, 0.15) is 64.1 Å². The van der Waals surface area contributed by atoms with E-state index in [4.69, 9.17) is 21.2 Å². The third kappa shape index (κ3) is 8.23. The van der Waals surface area contributed by atoms with Crippen LogP contribution in [-0.2, 0) is 19.1 Å². The molecule has 3 unspecified atom stereocenters. The Morgan fingerprint density at radius 3 is 2.35 bits per heavy atom. The monoisotopic (exact) mass is 599 g/mol. The molecule has 12 heteroatoms. The first-order chi connectivity index (χ1) is 20.1. The average molecular weight is 600 g/mol. The topological polar surface area (TPSA) is 138 Å². The lowest BCUT2D eigenvalue weighted by Crippen LogP contribution is -2.35. The van der Waals surface area contributed by atoms with Gasteiger partial charge in [-0.15, -0.1) is 6.42 Å². The molecule has 3 fully saturated rings. The first-order valence-electron chi connectivity index (χ1n) is 13.8. The number of nitriles is 1. The number of primary amides is 1. The number of hydrogen-bond acceptors (Lipinski definition) is 6. The van der Waals surface area contributed by atoms with Crippen LogP contribution < -0.4 is 11.1 Å². The van der Waals surface area contributed by atoms with Crippen molar-refractivity contribution in [3.8, 4) is 18.4 Å². The minimum atomic E-state index is -4.86. The van der Waals surface area contributed by atoms with Crippen LogP contribution in [0.5, 0.6) is 0 Å².